The molecule has 3 aromatic rings. The fourth-order valence-corrected chi connectivity index (χ4v) is 4.13. The lowest BCUT2D eigenvalue weighted by molar-refractivity contribution is -0.107. The van der Waals surface area contributed by atoms with E-state index >= 15 is 0 Å². The van der Waals surface area contributed by atoms with E-state index in [1.807, 2.05) is 24.3 Å². The van der Waals surface area contributed by atoms with Crippen molar-refractivity contribution < 1.29 is 14.3 Å². The van der Waals surface area contributed by atoms with Crippen molar-refractivity contribution in [3.05, 3.63) is 89.0 Å². The summed E-state index contributed by atoms with van der Waals surface area (Å²) in [4.78, 5) is 13.1. The van der Waals surface area contributed by atoms with Gasteiger partial charge in [-0.2, -0.15) is 0 Å². The molecule has 35 heavy (non-hydrogen) atoms. The van der Waals surface area contributed by atoms with E-state index in [1.54, 1.807) is 0 Å². The zero-order chi connectivity index (χ0) is 24.3. The highest BCUT2D eigenvalue weighted by molar-refractivity contribution is 5.70. The van der Waals surface area contributed by atoms with Crippen LogP contribution in [0.25, 0.3) is 11.1 Å². The Kier molecular flexibility index (Phi) is 9.08. The summed E-state index contributed by atoms with van der Waals surface area (Å²) in [6, 6.07) is 22.7. The van der Waals surface area contributed by atoms with Gasteiger partial charge in [0.15, 0.2) is 0 Å². The summed E-state index contributed by atoms with van der Waals surface area (Å²) in [6.45, 7) is 7.86. The maximum absolute atomic E-state index is 10.7. The van der Waals surface area contributed by atoms with E-state index in [0.29, 0.717) is 19.7 Å². The number of benzene rings is 3. The summed E-state index contributed by atoms with van der Waals surface area (Å²) in [5, 5.41) is 3.13. The number of nitrogens with one attached hydrogen (secondary N) is 1. The number of carbonyl (C=O) groups excluding carboxylic acids is 1. The lowest BCUT2D eigenvalue weighted by atomic mass is 9.96. The van der Waals surface area contributed by atoms with E-state index in [-0.39, 0.29) is 0 Å². The number of ether oxygens (including phenoxy) is 2. The molecular formula is C30H32N2O3. The molecule has 1 aliphatic rings. The van der Waals surface area contributed by atoms with E-state index in [0.717, 1.165) is 61.6 Å². The van der Waals surface area contributed by atoms with Crippen molar-refractivity contribution in [1.29, 1.82) is 0 Å². The molecule has 1 heterocycles. The van der Waals surface area contributed by atoms with Crippen LogP contribution >= 0.6 is 0 Å². The van der Waals surface area contributed by atoms with Gasteiger partial charge in [-0.3, -0.25) is 4.90 Å². The Bertz CT molecular complexity index is 1180. The first-order valence-electron chi connectivity index (χ1n) is 12.1. The minimum atomic E-state index is 0.311. The van der Waals surface area contributed by atoms with Gasteiger partial charge in [0.2, 0.25) is 0 Å². The van der Waals surface area contributed by atoms with Gasteiger partial charge >= 0.3 is 0 Å². The summed E-state index contributed by atoms with van der Waals surface area (Å²) in [6.07, 6.45) is 0.866. The van der Waals surface area contributed by atoms with E-state index < -0.39 is 0 Å². The average Bonchev–Trinajstić information content (AvgIpc) is 2.90. The third-order valence-electron chi connectivity index (χ3n) is 6.14. The van der Waals surface area contributed by atoms with E-state index in [2.05, 4.69) is 71.4 Å². The molecule has 1 fully saturated rings. The monoisotopic (exact) mass is 468 g/mol. The second-order valence-electron chi connectivity index (χ2n) is 8.52. The van der Waals surface area contributed by atoms with Gasteiger partial charge in [0.1, 0.15) is 18.6 Å². The highest BCUT2D eigenvalue weighted by Gasteiger charge is 2.11. The summed E-state index contributed by atoms with van der Waals surface area (Å²) in [7, 11) is 0. The Balaban J connectivity index is 1.52. The topological polar surface area (TPSA) is 50.8 Å². The second kappa shape index (κ2) is 12.9. The minimum Gasteiger partial charge on any atom is -0.492 e. The molecule has 0 radical (unpaired) electrons. The van der Waals surface area contributed by atoms with Crippen LogP contribution in [0.4, 0.5) is 0 Å². The Morgan fingerprint density at radius 3 is 2.66 bits per heavy atom. The van der Waals surface area contributed by atoms with Gasteiger partial charge in [-0.25, -0.2) is 0 Å². The van der Waals surface area contributed by atoms with E-state index in [1.165, 1.54) is 16.7 Å². The van der Waals surface area contributed by atoms with Gasteiger partial charge in [0.25, 0.3) is 0 Å². The third-order valence-corrected chi connectivity index (χ3v) is 6.14. The normalized spacial score (nSPS) is 13.6. The maximum atomic E-state index is 10.7. The smallest absolute Gasteiger partial charge is 0.133 e. The molecule has 4 rings (SSSR count). The standard InChI is InChI=1S/C30H32N2O3/c1-24-26(8-5-9-29(24)27-6-3-2-4-7-27)12-10-25-11-13-28(23-31-14-18-33)30(22-25)35-21-17-32-15-19-34-20-16-32/h2-9,11,13,18,22,31H,14-17,19-21,23H2,1H3. The molecule has 0 atom stereocenters. The predicted octanol–water partition coefficient (Wildman–Crippen LogP) is 4.06. The first kappa shape index (κ1) is 24.7. The van der Waals surface area contributed by atoms with Crippen LogP contribution in [0.1, 0.15) is 22.3 Å². The predicted molar refractivity (Wildman–Crippen MR) is 140 cm³/mol. The van der Waals surface area contributed by atoms with Crippen LogP contribution in [0.15, 0.2) is 66.7 Å². The highest BCUT2D eigenvalue weighted by Crippen LogP contribution is 2.25. The molecule has 0 bridgehead atoms. The molecule has 3 aromatic carbocycles. The van der Waals surface area contributed by atoms with Gasteiger partial charge < -0.3 is 19.6 Å². The Morgan fingerprint density at radius 1 is 1.03 bits per heavy atom. The Labute approximate surface area is 208 Å². The number of rotatable bonds is 9. The molecule has 180 valence electrons. The largest absolute Gasteiger partial charge is 0.492 e. The molecule has 0 spiro atoms. The van der Waals surface area contributed by atoms with Crippen LogP contribution in [0.5, 0.6) is 5.75 Å². The first-order chi connectivity index (χ1) is 17.2. The molecule has 0 aromatic heterocycles. The number of morpholine rings is 1. The van der Waals surface area contributed by atoms with Crippen LogP contribution in [0, 0.1) is 18.8 Å². The van der Waals surface area contributed by atoms with Crippen molar-refractivity contribution in [3.63, 3.8) is 0 Å². The number of carbonyl (C=O) groups is 1. The molecule has 0 aliphatic carbocycles. The van der Waals surface area contributed by atoms with Crippen LogP contribution in [0.2, 0.25) is 0 Å². The lowest BCUT2D eigenvalue weighted by Crippen LogP contribution is -2.38. The first-order valence-corrected chi connectivity index (χ1v) is 12.1. The van der Waals surface area contributed by atoms with Crippen molar-refractivity contribution in [2.45, 2.75) is 13.5 Å². The Morgan fingerprint density at radius 2 is 1.86 bits per heavy atom. The van der Waals surface area contributed by atoms with E-state index in [4.69, 9.17) is 9.47 Å². The zero-order valence-corrected chi connectivity index (χ0v) is 20.3. The lowest BCUT2D eigenvalue weighted by Gasteiger charge is -2.26. The van der Waals surface area contributed by atoms with Crippen molar-refractivity contribution >= 4 is 6.29 Å². The molecule has 0 amide bonds. The molecular weight excluding hydrogens is 436 g/mol. The second-order valence-corrected chi connectivity index (χ2v) is 8.52. The highest BCUT2D eigenvalue weighted by atomic mass is 16.5. The van der Waals surface area contributed by atoms with Crippen molar-refractivity contribution in [1.82, 2.24) is 10.2 Å². The molecule has 0 unspecified atom stereocenters. The summed E-state index contributed by atoms with van der Waals surface area (Å²) in [5.74, 6) is 7.48. The van der Waals surface area contributed by atoms with E-state index in [9.17, 15) is 4.79 Å². The SMILES string of the molecule is Cc1c(C#Cc2ccc(CNCC=O)c(OCCN3CCOCC3)c2)cccc1-c1ccccc1. The van der Waals surface area contributed by atoms with Gasteiger partial charge in [-0.05, 0) is 41.8 Å². The van der Waals surface area contributed by atoms with Gasteiger partial charge in [-0.15, -0.1) is 0 Å². The fraction of sp³-hybridized carbons (Fsp3) is 0.300. The Hall–Kier alpha value is -3.43. The summed E-state index contributed by atoms with van der Waals surface area (Å²) in [5.41, 5.74) is 6.48. The average molecular weight is 469 g/mol. The van der Waals surface area contributed by atoms with Crippen molar-refractivity contribution in [3.8, 4) is 28.7 Å². The summed E-state index contributed by atoms with van der Waals surface area (Å²) < 4.78 is 11.6. The molecule has 1 N–H and O–H groups in total. The number of hydrogen-bond acceptors (Lipinski definition) is 5. The molecule has 5 heteroatoms. The third kappa shape index (κ3) is 7.03. The van der Waals surface area contributed by atoms with Crippen molar-refractivity contribution in [2.75, 3.05) is 46.0 Å². The van der Waals surface area contributed by atoms with Crippen LogP contribution in [-0.4, -0.2) is 57.2 Å². The van der Waals surface area contributed by atoms with Crippen LogP contribution in [0.3, 0.4) is 0 Å². The molecule has 0 saturated carbocycles. The van der Waals surface area contributed by atoms with Gasteiger partial charge in [0, 0.05) is 42.9 Å². The maximum Gasteiger partial charge on any atom is 0.133 e. The number of nitrogens with zero attached hydrogens (tertiary/aromatic N) is 1. The number of hydrogen-bond donors (Lipinski definition) is 1. The fourth-order valence-electron chi connectivity index (χ4n) is 4.13. The summed E-state index contributed by atoms with van der Waals surface area (Å²) >= 11 is 0. The quantitative estimate of drug-likeness (QED) is 0.292. The van der Waals surface area contributed by atoms with Gasteiger partial charge in [0.05, 0.1) is 19.8 Å². The van der Waals surface area contributed by atoms with Crippen LogP contribution < -0.4 is 10.1 Å². The number of aldehydes is 1. The van der Waals surface area contributed by atoms with Crippen molar-refractivity contribution in [2.24, 2.45) is 0 Å². The van der Waals surface area contributed by atoms with Crippen LogP contribution in [-0.2, 0) is 16.1 Å². The minimum absolute atomic E-state index is 0.311. The van der Waals surface area contributed by atoms with Gasteiger partial charge in [-0.1, -0.05) is 60.4 Å². The molecule has 1 saturated heterocycles. The zero-order valence-electron chi connectivity index (χ0n) is 20.3. The molecule has 1 aliphatic heterocycles. The molecule has 5 nitrogen and oxygen atoms in total.